The van der Waals surface area contributed by atoms with Crippen LogP contribution in [0.1, 0.15) is 31.6 Å². The van der Waals surface area contributed by atoms with Crippen molar-refractivity contribution in [1.82, 2.24) is 15.0 Å². The smallest absolute Gasteiger partial charge is 0.231 e. The number of benzene rings is 1. The van der Waals surface area contributed by atoms with Crippen LogP contribution in [0, 0.1) is 0 Å². The number of methoxy groups -OCH3 is 1. The van der Waals surface area contributed by atoms with Crippen LogP contribution in [0.5, 0.6) is 5.75 Å². The highest BCUT2D eigenvalue weighted by Crippen LogP contribution is 2.28. The van der Waals surface area contributed by atoms with Crippen LogP contribution < -0.4 is 4.74 Å². The van der Waals surface area contributed by atoms with Crippen molar-refractivity contribution < 1.29 is 14.1 Å². The van der Waals surface area contributed by atoms with E-state index in [-0.39, 0.29) is 11.8 Å². The first-order valence-corrected chi connectivity index (χ1v) is 7.41. The van der Waals surface area contributed by atoms with Gasteiger partial charge in [0.15, 0.2) is 0 Å². The summed E-state index contributed by atoms with van der Waals surface area (Å²) in [7, 11) is 1.62. The lowest BCUT2D eigenvalue weighted by Crippen LogP contribution is -2.37. The van der Waals surface area contributed by atoms with Gasteiger partial charge in [0.25, 0.3) is 0 Å². The molecule has 0 saturated carbocycles. The minimum atomic E-state index is 0.0947. The van der Waals surface area contributed by atoms with Gasteiger partial charge in [0.2, 0.25) is 17.6 Å². The first-order chi connectivity index (χ1) is 10.7. The molecule has 6 heteroatoms. The van der Waals surface area contributed by atoms with E-state index in [1.165, 1.54) is 0 Å². The van der Waals surface area contributed by atoms with Crippen LogP contribution in [0.15, 0.2) is 28.8 Å². The maximum absolute atomic E-state index is 11.5. The van der Waals surface area contributed by atoms with Gasteiger partial charge in [-0.3, -0.25) is 4.79 Å². The monoisotopic (exact) mass is 301 g/mol. The zero-order valence-corrected chi connectivity index (χ0v) is 12.8. The minimum Gasteiger partial charge on any atom is -0.497 e. The summed E-state index contributed by atoms with van der Waals surface area (Å²) in [5.41, 5.74) is 0.855. The summed E-state index contributed by atoms with van der Waals surface area (Å²) < 4.78 is 10.6. The van der Waals surface area contributed by atoms with Gasteiger partial charge in [0.1, 0.15) is 5.75 Å². The third kappa shape index (κ3) is 2.95. The van der Waals surface area contributed by atoms with Gasteiger partial charge in [-0.05, 0) is 25.0 Å². The average Bonchev–Trinajstić information content (AvgIpc) is 3.05. The molecule has 1 aliphatic rings. The molecule has 0 spiro atoms. The fourth-order valence-corrected chi connectivity index (χ4v) is 2.75. The molecule has 2 aromatic rings. The Labute approximate surface area is 129 Å². The summed E-state index contributed by atoms with van der Waals surface area (Å²) in [6.07, 6.45) is 1.92. The van der Waals surface area contributed by atoms with Crippen molar-refractivity contribution in [1.29, 1.82) is 0 Å². The molecule has 1 aromatic heterocycles. The Bertz CT molecular complexity index is 668. The summed E-state index contributed by atoms with van der Waals surface area (Å²) in [5.74, 6) is 2.11. The number of hydrogen-bond donors (Lipinski definition) is 0. The van der Waals surface area contributed by atoms with E-state index in [9.17, 15) is 4.79 Å². The summed E-state index contributed by atoms with van der Waals surface area (Å²) in [6.45, 7) is 3.05. The molecule has 1 aromatic carbocycles. The molecule has 3 rings (SSSR count). The van der Waals surface area contributed by atoms with Gasteiger partial charge in [0, 0.05) is 25.6 Å². The molecule has 1 fully saturated rings. The largest absolute Gasteiger partial charge is 0.497 e. The minimum absolute atomic E-state index is 0.0947. The molecule has 1 unspecified atom stereocenters. The third-order valence-electron chi connectivity index (χ3n) is 3.99. The lowest BCUT2D eigenvalue weighted by atomic mass is 9.98. The Balaban J connectivity index is 1.79. The normalized spacial score (nSPS) is 18.3. The first-order valence-electron chi connectivity index (χ1n) is 7.41. The van der Waals surface area contributed by atoms with E-state index in [1.807, 2.05) is 29.2 Å². The SMILES string of the molecule is COc1cccc(-c2noc(C3CCCN(C(C)=O)C3)n2)c1. The van der Waals surface area contributed by atoms with E-state index < -0.39 is 0 Å². The molecule has 0 N–H and O–H groups in total. The Kier molecular flexibility index (Phi) is 4.09. The molecular formula is C16H19N3O3. The number of ether oxygens (including phenoxy) is 1. The number of hydrogen-bond acceptors (Lipinski definition) is 5. The van der Waals surface area contributed by atoms with Gasteiger partial charge in [0.05, 0.1) is 13.0 Å². The second-order valence-electron chi connectivity index (χ2n) is 5.49. The van der Waals surface area contributed by atoms with E-state index >= 15 is 0 Å². The van der Waals surface area contributed by atoms with Gasteiger partial charge in [-0.2, -0.15) is 4.98 Å². The van der Waals surface area contributed by atoms with Gasteiger partial charge >= 0.3 is 0 Å². The molecular weight excluding hydrogens is 282 g/mol. The van der Waals surface area contributed by atoms with E-state index in [1.54, 1.807) is 14.0 Å². The fraction of sp³-hybridized carbons (Fsp3) is 0.438. The van der Waals surface area contributed by atoms with Crippen LogP contribution in [0.4, 0.5) is 0 Å². The van der Waals surface area contributed by atoms with Gasteiger partial charge < -0.3 is 14.2 Å². The van der Waals surface area contributed by atoms with E-state index in [0.717, 1.165) is 30.7 Å². The Morgan fingerprint density at radius 1 is 1.45 bits per heavy atom. The molecule has 2 heterocycles. The molecule has 6 nitrogen and oxygen atoms in total. The second-order valence-corrected chi connectivity index (χ2v) is 5.49. The molecule has 0 radical (unpaired) electrons. The maximum atomic E-state index is 11.5. The number of likely N-dealkylation sites (tertiary alicyclic amines) is 1. The quantitative estimate of drug-likeness (QED) is 0.871. The van der Waals surface area contributed by atoms with E-state index in [2.05, 4.69) is 10.1 Å². The number of piperidine rings is 1. The van der Waals surface area contributed by atoms with Crippen molar-refractivity contribution in [2.45, 2.75) is 25.7 Å². The van der Waals surface area contributed by atoms with Crippen molar-refractivity contribution in [3.8, 4) is 17.1 Å². The van der Waals surface area contributed by atoms with Crippen LogP contribution in [-0.4, -0.2) is 41.1 Å². The van der Waals surface area contributed by atoms with Crippen molar-refractivity contribution in [2.75, 3.05) is 20.2 Å². The first kappa shape index (κ1) is 14.6. The highest BCUT2D eigenvalue weighted by atomic mass is 16.5. The van der Waals surface area contributed by atoms with Crippen molar-refractivity contribution >= 4 is 5.91 Å². The molecule has 1 saturated heterocycles. The zero-order valence-electron chi connectivity index (χ0n) is 12.8. The number of aromatic nitrogens is 2. The summed E-state index contributed by atoms with van der Waals surface area (Å²) >= 11 is 0. The Morgan fingerprint density at radius 2 is 2.32 bits per heavy atom. The summed E-state index contributed by atoms with van der Waals surface area (Å²) in [5, 5.41) is 4.06. The number of carbonyl (C=O) groups excluding carboxylic acids is 1. The van der Waals surface area contributed by atoms with E-state index in [4.69, 9.17) is 9.26 Å². The standard InChI is InChI=1S/C16H19N3O3/c1-11(20)19-8-4-6-13(10-19)16-17-15(18-22-16)12-5-3-7-14(9-12)21-2/h3,5,7,9,13H,4,6,8,10H2,1-2H3. The average molecular weight is 301 g/mol. The highest BCUT2D eigenvalue weighted by molar-refractivity contribution is 5.73. The third-order valence-corrected chi connectivity index (χ3v) is 3.99. The molecule has 22 heavy (non-hydrogen) atoms. The number of nitrogens with zero attached hydrogens (tertiary/aromatic N) is 3. The number of amides is 1. The summed E-state index contributed by atoms with van der Waals surface area (Å²) in [6, 6.07) is 7.55. The van der Waals surface area contributed by atoms with Crippen LogP contribution in [0.2, 0.25) is 0 Å². The van der Waals surface area contributed by atoms with Crippen molar-refractivity contribution in [3.05, 3.63) is 30.2 Å². The maximum Gasteiger partial charge on any atom is 0.231 e. The topological polar surface area (TPSA) is 68.5 Å². The highest BCUT2D eigenvalue weighted by Gasteiger charge is 2.27. The van der Waals surface area contributed by atoms with Crippen LogP contribution >= 0.6 is 0 Å². The molecule has 1 aliphatic heterocycles. The molecule has 1 amide bonds. The molecule has 1 atom stereocenters. The van der Waals surface area contributed by atoms with E-state index in [0.29, 0.717) is 18.3 Å². The van der Waals surface area contributed by atoms with Crippen molar-refractivity contribution in [2.24, 2.45) is 0 Å². The number of rotatable bonds is 3. The molecule has 0 bridgehead atoms. The Hall–Kier alpha value is -2.37. The molecule has 116 valence electrons. The lowest BCUT2D eigenvalue weighted by Gasteiger charge is -2.29. The predicted molar refractivity (Wildman–Crippen MR) is 80.5 cm³/mol. The zero-order chi connectivity index (χ0) is 15.5. The lowest BCUT2D eigenvalue weighted by molar-refractivity contribution is -0.130. The van der Waals surface area contributed by atoms with Crippen LogP contribution in [0.3, 0.4) is 0 Å². The van der Waals surface area contributed by atoms with Gasteiger partial charge in [-0.15, -0.1) is 0 Å². The molecule has 0 aliphatic carbocycles. The Morgan fingerprint density at radius 3 is 3.09 bits per heavy atom. The second kappa shape index (κ2) is 6.17. The van der Waals surface area contributed by atoms with Gasteiger partial charge in [-0.25, -0.2) is 0 Å². The summed E-state index contributed by atoms with van der Waals surface area (Å²) in [4.78, 5) is 17.9. The number of carbonyl (C=O) groups is 1. The fourth-order valence-electron chi connectivity index (χ4n) is 2.75. The van der Waals surface area contributed by atoms with Gasteiger partial charge in [-0.1, -0.05) is 17.3 Å². The van der Waals surface area contributed by atoms with Crippen molar-refractivity contribution in [3.63, 3.8) is 0 Å². The van der Waals surface area contributed by atoms with Crippen LogP contribution in [0.25, 0.3) is 11.4 Å². The van der Waals surface area contributed by atoms with Crippen LogP contribution in [-0.2, 0) is 4.79 Å². The predicted octanol–water partition coefficient (Wildman–Crippen LogP) is 2.47.